The fourth-order valence-corrected chi connectivity index (χ4v) is 7.96. The molecular formula is C49H31N7. The lowest BCUT2D eigenvalue weighted by molar-refractivity contribution is 1.05. The van der Waals surface area contributed by atoms with Crippen LogP contribution in [0.3, 0.4) is 0 Å². The van der Waals surface area contributed by atoms with E-state index in [0.717, 1.165) is 39.1 Å². The van der Waals surface area contributed by atoms with Crippen molar-refractivity contribution in [2.45, 2.75) is 0 Å². The highest BCUT2D eigenvalue weighted by molar-refractivity contribution is 6.11. The predicted molar refractivity (Wildman–Crippen MR) is 226 cm³/mol. The Kier molecular flexibility index (Phi) is 7.35. The lowest BCUT2D eigenvalue weighted by Gasteiger charge is -2.13. The van der Waals surface area contributed by atoms with Crippen molar-refractivity contribution >= 4 is 43.6 Å². The van der Waals surface area contributed by atoms with Gasteiger partial charge in [-0.2, -0.15) is 0 Å². The molecule has 7 heteroatoms. The van der Waals surface area contributed by atoms with Gasteiger partial charge in [-0.05, 0) is 83.9 Å². The monoisotopic (exact) mass is 717 g/mol. The first kappa shape index (κ1) is 31.7. The van der Waals surface area contributed by atoms with Crippen molar-refractivity contribution in [3.63, 3.8) is 0 Å². The van der Waals surface area contributed by atoms with Gasteiger partial charge in [-0.15, -0.1) is 0 Å². The van der Waals surface area contributed by atoms with E-state index >= 15 is 0 Å². The van der Waals surface area contributed by atoms with Crippen LogP contribution in [-0.2, 0) is 0 Å². The average molecular weight is 718 g/mol. The van der Waals surface area contributed by atoms with Crippen molar-refractivity contribution in [2.75, 3.05) is 0 Å². The summed E-state index contributed by atoms with van der Waals surface area (Å²) in [6.07, 6.45) is 3.49. The smallest absolute Gasteiger partial charge is 0.182 e. The topological polar surface area (TPSA) is 74.3 Å². The summed E-state index contributed by atoms with van der Waals surface area (Å²) in [5, 5.41) is 4.89. The third kappa shape index (κ3) is 5.25. The molecule has 0 aliphatic heterocycles. The summed E-state index contributed by atoms with van der Waals surface area (Å²) in [6, 6.07) is 61.4. The normalized spacial score (nSPS) is 11.6. The summed E-state index contributed by atoms with van der Waals surface area (Å²) >= 11 is 0. The summed E-state index contributed by atoms with van der Waals surface area (Å²) in [6.45, 7) is 0. The summed E-state index contributed by atoms with van der Waals surface area (Å²) in [5.41, 5.74) is 11.2. The van der Waals surface area contributed by atoms with Crippen molar-refractivity contribution in [3.8, 4) is 56.9 Å². The second-order valence-corrected chi connectivity index (χ2v) is 13.8. The zero-order valence-electron chi connectivity index (χ0n) is 30.0. The summed E-state index contributed by atoms with van der Waals surface area (Å²) in [5.74, 6) is 1.55. The summed E-state index contributed by atoms with van der Waals surface area (Å²) < 4.78 is 4.76. The van der Waals surface area contributed by atoms with Crippen LogP contribution in [0.1, 0.15) is 0 Å². The minimum atomic E-state index is 0.496. The van der Waals surface area contributed by atoms with Gasteiger partial charge in [0.1, 0.15) is 11.4 Å². The molecule has 0 saturated heterocycles. The van der Waals surface area contributed by atoms with Crippen molar-refractivity contribution in [1.29, 1.82) is 0 Å². The molecule has 11 rings (SSSR count). The molecule has 0 spiro atoms. The van der Waals surface area contributed by atoms with Crippen LogP contribution in [0.25, 0.3) is 101 Å². The molecule has 0 fully saturated rings. The van der Waals surface area contributed by atoms with E-state index in [1.54, 1.807) is 12.4 Å². The molecule has 0 atom stereocenters. The Balaban J connectivity index is 1.06. The van der Waals surface area contributed by atoms with Gasteiger partial charge in [0.15, 0.2) is 17.5 Å². The lowest BCUT2D eigenvalue weighted by Crippen LogP contribution is -2.01. The molecule has 6 aromatic carbocycles. The second kappa shape index (κ2) is 13.0. The Bertz CT molecular complexity index is 3150. The first-order chi connectivity index (χ1) is 27.8. The van der Waals surface area contributed by atoms with Crippen molar-refractivity contribution in [3.05, 3.63) is 188 Å². The fourth-order valence-electron chi connectivity index (χ4n) is 7.96. The van der Waals surface area contributed by atoms with Crippen molar-refractivity contribution < 1.29 is 0 Å². The maximum Gasteiger partial charge on any atom is 0.182 e. The van der Waals surface area contributed by atoms with E-state index in [1.165, 1.54) is 32.6 Å². The molecule has 0 N–H and O–H groups in total. The van der Waals surface area contributed by atoms with Crippen LogP contribution in [0.5, 0.6) is 0 Å². The highest BCUT2D eigenvalue weighted by Gasteiger charge is 2.18. The Morgan fingerprint density at radius 1 is 0.304 bits per heavy atom. The molecule has 56 heavy (non-hydrogen) atoms. The average Bonchev–Trinajstić information content (AvgIpc) is 3.80. The van der Waals surface area contributed by atoms with E-state index in [1.807, 2.05) is 42.5 Å². The number of fused-ring (bicyclic) bond motifs is 6. The third-order valence-corrected chi connectivity index (χ3v) is 10.5. The van der Waals surface area contributed by atoms with E-state index in [9.17, 15) is 0 Å². The van der Waals surface area contributed by atoms with E-state index in [2.05, 4.69) is 153 Å². The number of rotatable bonds is 6. The van der Waals surface area contributed by atoms with Crippen molar-refractivity contribution in [2.24, 2.45) is 0 Å². The summed E-state index contributed by atoms with van der Waals surface area (Å²) in [7, 11) is 0. The van der Waals surface area contributed by atoms with Gasteiger partial charge in [-0.25, -0.2) is 15.0 Å². The van der Waals surface area contributed by atoms with Gasteiger partial charge in [0.2, 0.25) is 0 Å². The Labute approximate surface area is 321 Å². The number of hydrogen-bond donors (Lipinski definition) is 0. The number of nitrogens with zero attached hydrogens (tertiary/aromatic N) is 7. The number of hydrogen-bond acceptors (Lipinski definition) is 5. The number of aromatic nitrogens is 7. The predicted octanol–water partition coefficient (Wildman–Crippen LogP) is 11.5. The largest absolute Gasteiger partial charge is 0.309 e. The molecule has 0 bridgehead atoms. The molecule has 7 nitrogen and oxygen atoms in total. The first-order valence-corrected chi connectivity index (χ1v) is 18.6. The minimum Gasteiger partial charge on any atom is -0.309 e. The van der Waals surface area contributed by atoms with Gasteiger partial charge >= 0.3 is 0 Å². The van der Waals surface area contributed by atoms with Crippen LogP contribution in [0.2, 0.25) is 0 Å². The molecule has 11 aromatic rings. The van der Waals surface area contributed by atoms with Crippen molar-refractivity contribution in [1.82, 2.24) is 34.1 Å². The Hall–Kier alpha value is -7.77. The van der Waals surface area contributed by atoms with Crippen LogP contribution in [0.4, 0.5) is 0 Å². The number of para-hydroxylation sites is 3. The van der Waals surface area contributed by atoms with E-state index < -0.39 is 0 Å². The minimum absolute atomic E-state index is 0.496. The fraction of sp³-hybridized carbons (Fsp3) is 0. The van der Waals surface area contributed by atoms with E-state index in [-0.39, 0.29) is 0 Å². The highest BCUT2D eigenvalue weighted by Crippen LogP contribution is 2.37. The maximum absolute atomic E-state index is 4.92. The molecule has 0 aliphatic rings. The van der Waals surface area contributed by atoms with Gasteiger partial charge in [-0.3, -0.25) is 9.97 Å². The van der Waals surface area contributed by atoms with Gasteiger partial charge in [0, 0.05) is 50.9 Å². The lowest BCUT2D eigenvalue weighted by atomic mass is 10.0. The summed E-state index contributed by atoms with van der Waals surface area (Å²) in [4.78, 5) is 23.7. The Morgan fingerprint density at radius 2 is 0.768 bits per heavy atom. The van der Waals surface area contributed by atoms with Gasteiger partial charge < -0.3 is 9.13 Å². The molecule has 262 valence electrons. The van der Waals surface area contributed by atoms with E-state index in [4.69, 9.17) is 15.0 Å². The van der Waals surface area contributed by atoms with Gasteiger partial charge in [-0.1, -0.05) is 103 Å². The molecule has 0 amide bonds. The molecule has 0 unspecified atom stereocenters. The number of pyridine rings is 2. The van der Waals surface area contributed by atoms with Crippen LogP contribution >= 0.6 is 0 Å². The maximum atomic E-state index is 4.92. The molecule has 5 heterocycles. The highest BCUT2D eigenvalue weighted by atomic mass is 15.1. The van der Waals surface area contributed by atoms with Crippen LogP contribution < -0.4 is 0 Å². The number of benzene rings is 6. The molecule has 5 aromatic heterocycles. The van der Waals surface area contributed by atoms with Gasteiger partial charge in [0.05, 0.1) is 22.1 Å². The molecule has 0 aliphatic carbocycles. The first-order valence-electron chi connectivity index (χ1n) is 18.6. The molecule has 0 saturated carbocycles. The Morgan fingerprint density at radius 3 is 1.34 bits per heavy atom. The standard InChI is InChI=1S/C49H31N7/c1-4-22-43-37(17-1)38-18-2-5-23-44(38)55(43)35-15-12-16-36(31-35)56-45-24-6-3-19-39(45)40-26-25-33(30-46(40)56)32-13-11-14-34(29-32)47-52-48(41-20-7-9-27-50-41)54-49(53-47)42-21-8-10-28-51-42/h1-31H. The second-order valence-electron chi connectivity index (χ2n) is 13.8. The quantitative estimate of drug-likeness (QED) is 0.171. The van der Waals surface area contributed by atoms with Gasteiger partial charge in [0.25, 0.3) is 0 Å². The van der Waals surface area contributed by atoms with E-state index in [0.29, 0.717) is 28.9 Å². The van der Waals surface area contributed by atoms with Crippen LogP contribution in [0.15, 0.2) is 188 Å². The van der Waals surface area contributed by atoms with Crippen LogP contribution in [-0.4, -0.2) is 34.1 Å². The van der Waals surface area contributed by atoms with Crippen LogP contribution in [0, 0.1) is 0 Å². The zero-order chi connectivity index (χ0) is 37.0. The molecular weight excluding hydrogens is 687 g/mol. The zero-order valence-corrected chi connectivity index (χ0v) is 30.0. The molecule has 0 radical (unpaired) electrons. The third-order valence-electron chi connectivity index (χ3n) is 10.5. The SMILES string of the molecule is c1ccc(-c2nc(-c3cccc(-c4ccc5c6ccccc6n(-c6cccc(-n7c8ccccc8c8ccccc87)c6)c5c4)c3)nc(-c3ccccn3)n2)nc1.